The standard InChI is InChI=1S/C23H34N2O5S/c1-3-30-23(27)19-13-15-24(16-14-19)22(26)17-25(20-7-5-4-6-8-20)31(28,29)21-11-9-18(2)10-12-21/h9-12,19-20H,3-8,13-17H2,1-2H3. The van der Waals surface area contributed by atoms with Crippen LogP contribution in [0.15, 0.2) is 29.2 Å². The summed E-state index contributed by atoms with van der Waals surface area (Å²) >= 11 is 0. The normalized spacial score (nSPS) is 18.9. The van der Waals surface area contributed by atoms with E-state index in [0.717, 1.165) is 37.7 Å². The topological polar surface area (TPSA) is 84.0 Å². The number of carbonyl (C=O) groups is 2. The fraction of sp³-hybridized carbons (Fsp3) is 0.652. The van der Waals surface area contributed by atoms with Crippen LogP contribution in [0.1, 0.15) is 57.4 Å². The minimum absolute atomic E-state index is 0.148. The number of rotatable bonds is 7. The lowest BCUT2D eigenvalue weighted by Gasteiger charge is -2.36. The number of nitrogens with zero attached hydrogens (tertiary/aromatic N) is 2. The quantitative estimate of drug-likeness (QED) is 0.596. The Labute approximate surface area is 185 Å². The van der Waals surface area contributed by atoms with E-state index in [0.29, 0.717) is 32.5 Å². The summed E-state index contributed by atoms with van der Waals surface area (Å²) in [6, 6.07) is 6.66. The zero-order valence-electron chi connectivity index (χ0n) is 18.6. The second-order valence-corrected chi connectivity index (χ2v) is 10.5. The van der Waals surface area contributed by atoms with Crippen LogP contribution in [0.4, 0.5) is 0 Å². The van der Waals surface area contributed by atoms with E-state index in [1.54, 1.807) is 36.1 Å². The van der Waals surface area contributed by atoms with Crippen molar-refractivity contribution in [3.8, 4) is 0 Å². The Morgan fingerprint density at radius 2 is 1.65 bits per heavy atom. The van der Waals surface area contributed by atoms with E-state index in [2.05, 4.69) is 0 Å². The van der Waals surface area contributed by atoms with Crippen molar-refractivity contribution in [2.24, 2.45) is 5.92 Å². The molecule has 0 bridgehead atoms. The zero-order chi connectivity index (χ0) is 22.4. The summed E-state index contributed by atoms with van der Waals surface area (Å²) in [4.78, 5) is 27.0. The minimum atomic E-state index is -3.77. The number of benzene rings is 1. The summed E-state index contributed by atoms with van der Waals surface area (Å²) in [6.07, 6.45) is 5.72. The van der Waals surface area contributed by atoms with Gasteiger partial charge in [0.2, 0.25) is 15.9 Å². The molecule has 0 N–H and O–H groups in total. The van der Waals surface area contributed by atoms with Crippen molar-refractivity contribution in [1.29, 1.82) is 0 Å². The van der Waals surface area contributed by atoms with Crippen molar-refractivity contribution in [1.82, 2.24) is 9.21 Å². The number of piperidine rings is 1. The minimum Gasteiger partial charge on any atom is -0.466 e. The molecule has 0 spiro atoms. The van der Waals surface area contributed by atoms with Crippen molar-refractivity contribution in [3.63, 3.8) is 0 Å². The third-order valence-electron chi connectivity index (χ3n) is 6.37. The number of likely N-dealkylation sites (tertiary alicyclic amines) is 1. The third-order valence-corrected chi connectivity index (χ3v) is 8.28. The molecule has 1 aliphatic carbocycles. The van der Waals surface area contributed by atoms with Crippen LogP contribution in [-0.2, 0) is 24.3 Å². The van der Waals surface area contributed by atoms with Gasteiger partial charge in [0, 0.05) is 19.1 Å². The number of esters is 1. The van der Waals surface area contributed by atoms with Crippen molar-refractivity contribution in [2.75, 3.05) is 26.2 Å². The Bertz CT molecular complexity index is 854. The summed E-state index contributed by atoms with van der Waals surface area (Å²) in [7, 11) is -3.77. The van der Waals surface area contributed by atoms with Gasteiger partial charge in [-0.2, -0.15) is 4.31 Å². The molecule has 3 rings (SSSR count). The maximum absolute atomic E-state index is 13.5. The predicted octanol–water partition coefficient (Wildman–Crippen LogP) is 3.12. The number of aryl methyl sites for hydroxylation is 1. The molecule has 1 saturated heterocycles. The van der Waals surface area contributed by atoms with Gasteiger partial charge in [-0.3, -0.25) is 9.59 Å². The first-order valence-electron chi connectivity index (χ1n) is 11.4. The van der Waals surface area contributed by atoms with Crippen LogP contribution in [-0.4, -0.2) is 61.8 Å². The Hall–Kier alpha value is -1.93. The first kappa shape index (κ1) is 23.7. The molecule has 1 aromatic rings. The monoisotopic (exact) mass is 450 g/mol. The highest BCUT2D eigenvalue weighted by Gasteiger charge is 2.36. The smallest absolute Gasteiger partial charge is 0.309 e. The summed E-state index contributed by atoms with van der Waals surface area (Å²) in [5.41, 5.74) is 0.990. The molecule has 0 atom stereocenters. The molecule has 1 amide bonds. The van der Waals surface area contributed by atoms with E-state index in [1.807, 2.05) is 6.92 Å². The SMILES string of the molecule is CCOC(=O)C1CCN(C(=O)CN(C2CCCCC2)S(=O)(=O)c2ccc(C)cc2)CC1. The molecule has 172 valence electrons. The zero-order valence-corrected chi connectivity index (χ0v) is 19.4. The summed E-state index contributed by atoms with van der Waals surface area (Å²) in [6.45, 7) is 4.80. The number of carbonyl (C=O) groups excluding carboxylic acids is 2. The molecule has 2 fully saturated rings. The fourth-order valence-electron chi connectivity index (χ4n) is 4.48. The molecular weight excluding hydrogens is 416 g/mol. The van der Waals surface area contributed by atoms with Gasteiger partial charge in [0.15, 0.2) is 0 Å². The van der Waals surface area contributed by atoms with Gasteiger partial charge in [-0.15, -0.1) is 0 Å². The summed E-state index contributed by atoms with van der Waals surface area (Å²) in [5, 5.41) is 0. The van der Waals surface area contributed by atoms with Crippen molar-refractivity contribution in [3.05, 3.63) is 29.8 Å². The second kappa shape index (κ2) is 10.6. The van der Waals surface area contributed by atoms with E-state index >= 15 is 0 Å². The van der Waals surface area contributed by atoms with E-state index < -0.39 is 10.0 Å². The average molecular weight is 451 g/mol. The van der Waals surface area contributed by atoms with E-state index in [1.165, 1.54) is 4.31 Å². The van der Waals surface area contributed by atoms with Gasteiger partial charge in [-0.1, -0.05) is 37.0 Å². The van der Waals surface area contributed by atoms with Gasteiger partial charge >= 0.3 is 5.97 Å². The molecule has 2 aliphatic rings. The van der Waals surface area contributed by atoms with Crippen LogP contribution >= 0.6 is 0 Å². The Morgan fingerprint density at radius 3 is 2.23 bits per heavy atom. The molecule has 1 aromatic carbocycles. The van der Waals surface area contributed by atoms with E-state index in [-0.39, 0.29) is 35.3 Å². The third kappa shape index (κ3) is 5.86. The molecule has 0 unspecified atom stereocenters. The number of hydrogen-bond acceptors (Lipinski definition) is 5. The molecule has 1 heterocycles. The van der Waals surface area contributed by atoms with Gasteiger partial charge in [0.25, 0.3) is 0 Å². The molecule has 31 heavy (non-hydrogen) atoms. The lowest BCUT2D eigenvalue weighted by Crippen LogP contribution is -2.50. The van der Waals surface area contributed by atoms with E-state index in [9.17, 15) is 18.0 Å². The van der Waals surface area contributed by atoms with Crippen molar-refractivity contribution in [2.45, 2.75) is 69.7 Å². The van der Waals surface area contributed by atoms with Gasteiger partial charge in [0.1, 0.15) is 0 Å². The van der Waals surface area contributed by atoms with Crippen molar-refractivity contribution < 1.29 is 22.7 Å². The maximum Gasteiger partial charge on any atom is 0.309 e. The number of sulfonamides is 1. The molecule has 1 aliphatic heterocycles. The Kier molecular flexibility index (Phi) is 8.11. The first-order chi connectivity index (χ1) is 14.8. The highest BCUT2D eigenvalue weighted by molar-refractivity contribution is 7.89. The number of hydrogen-bond donors (Lipinski definition) is 0. The Balaban J connectivity index is 1.72. The van der Waals surface area contributed by atoms with Crippen LogP contribution in [0.5, 0.6) is 0 Å². The van der Waals surface area contributed by atoms with Crippen LogP contribution in [0, 0.1) is 12.8 Å². The molecule has 7 nitrogen and oxygen atoms in total. The highest BCUT2D eigenvalue weighted by Crippen LogP contribution is 2.28. The van der Waals surface area contributed by atoms with Crippen LogP contribution in [0.3, 0.4) is 0 Å². The predicted molar refractivity (Wildman–Crippen MR) is 118 cm³/mol. The molecular formula is C23H34N2O5S. The van der Waals surface area contributed by atoms with Crippen molar-refractivity contribution >= 4 is 21.9 Å². The first-order valence-corrected chi connectivity index (χ1v) is 12.8. The lowest BCUT2D eigenvalue weighted by molar-refractivity contribution is -0.151. The fourth-order valence-corrected chi connectivity index (χ4v) is 6.12. The van der Waals surface area contributed by atoms with Gasteiger partial charge in [-0.25, -0.2) is 8.42 Å². The molecule has 0 aromatic heterocycles. The van der Waals surface area contributed by atoms with Crippen LogP contribution < -0.4 is 0 Å². The van der Waals surface area contributed by atoms with Gasteiger partial charge in [-0.05, 0) is 51.7 Å². The second-order valence-electron chi connectivity index (χ2n) is 8.56. The van der Waals surface area contributed by atoms with E-state index in [4.69, 9.17) is 4.74 Å². The lowest BCUT2D eigenvalue weighted by atomic mass is 9.95. The van der Waals surface area contributed by atoms with Gasteiger partial charge < -0.3 is 9.64 Å². The average Bonchev–Trinajstić information content (AvgIpc) is 2.78. The molecule has 8 heteroatoms. The summed E-state index contributed by atoms with van der Waals surface area (Å²) < 4.78 is 33.5. The number of amides is 1. The largest absolute Gasteiger partial charge is 0.466 e. The van der Waals surface area contributed by atoms with Crippen LogP contribution in [0.25, 0.3) is 0 Å². The maximum atomic E-state index is 13.5. The van der Waals surface area contributed by atoms with Crippen LogP contribution in [0.2, 0.25) is 0 Å². The summed E-state index contributed by atoms with van der Waals surface area (Å²) in [5.74, 6) is -0.585. The molecule has 1 saturated carbocycles. The number of ether oxygens (including phenoxy) is 1. The molecule has 0 radical (unpaired) electrons. The van der Waals surface area contributed by atoms with Gasteiger partial charge in [0.05, 0.1) is 24.0 Å². The Morgan fingerprint density at radius 1 is 1.03 bits per heavy atom. The highest BCUT2D eigenvalue weighted by atomic mass is 32.2.